The maximum atomic E-state index is 5.67. The molecule has 0 aliphatic heterocycles. The van der Waals surface area contributed by atoms with E-state index in [0.717, 1.165) is 12.5 Å². The second-order valence-corrected chi connectivity index (χ2v) is 3.36. The summed E-state index contributed by atoms with van der Waals surface area (Å²) in [6, 6.07) is 0.462. The van der Waals surface area contributed by atoms with Crippen LogP contribution in [0.1, 0.15) is 12.8 Å². The Labute approximate surface area is 66.2 Å². The number of imidazole rings is 1. The van der Waals surface area contributed by atoms with Crippen LogP contribution in [0.5, 0.6) is 0 Å². The number of hydrogen-bond acceptors (Lipinski definition) is 2. The van der Waals surface area contributed by atoms with Gasteiger partial charge in [0.05, 0.1) is 6.33 Å². The molecule has 60 valence electrons. The number of hydrogen-bond donors (Lipinski definition) is 1. The minimum atomic E-state index is 0.462. The van der Waals surface area contributed by atoms with E-state index in [-0.39, 0.29) is 0 Å². The Morgan fingerprint density at radius 1 is 1.55 bits per heavy atom. The third-order valence-electron chi connectivity index (χ3n) is 2.30. The first-order chi connectivity index (χ1) is 5.34. The molecular formula is C8H13N3. The summed E-state index contributed by atoms with van der Waals surface area (Å²) >= 11 is 0. The van der Waals surface area contributed by atoms with Crippen LogP contribution in [-0.2, 0) is 6.54 Å². The molecule has 0 saturated heterocycles. The lowest BCUT2D eigenvalue weighted by Crippen LogP contribution is -2.38. The van der Waals surface area contributed by atoms with Gasteiger partial charge in [0.15, 0.2) is 0 Å². The summed E-state index contributed by atoms with van der Waals surface area (Å²) in [6.45, 7) is 1.09. The molecule has 0 atom stereocenters. The highest BCUT2D eigenvalue weighted by Crippen LogP contribution is 2.26. The van der Waals surface area contributed by atoms with E-state index in [0.29, 0.717) is 6.04 Å². The minimum Gasteiger partial charge on any atom is -0.337 e. The van der Waals surface area contributed by atoms with Crippen molar-refractivity contribution in [3.63, 3.8) is 0 Å². The van der Waals surface area contributed by atoms with Crippen LogP contribution in [0.15, 0.2) is 18.7 Å². The van der Waals surface area contributed by atoms with Crippen molar-refractivity contribution in [2.75, 3.05) is 0 Å². The van der Waals surface area contributed by atoms with E-state index in [2.05, 4.69) is 9.55 Å². The molecule has 1 aliphatic carbocycles. The molecule has 11 heavy (non-hydrogen) atoms. The molecule has 0 spiro atoms. The summed E-state index contributed by atoms with van der Waals surface area (Å²) in [4.78, 5) is 3.98. The first kappa shape index (κ1) is 6.85. The zero-order valence-corrected chi connectivity index (χ0v) is 6.48. The van der Waals surface area contributed by atoms with Crippen molar-refractivity contribution in [3.8, 4) is 0 Å². The van der Waals surface area contributed by atoms with E-state index in [1.165, 1.54) is 12.8 Å². The Balaban J connectivity index is 1.84. The van der Waals surface area contributed by atoms with E-state index in [9.17, 15) is 0 Å². The maximum absolute atomic E-state index is 5.67. The van der Waals surface area contributed by atoms with E-state index in [1.807, 2.05) is 18.7 Å². The van der Waals surface area contributed by atoms with Crippen LogP contribution in [0.4, 0.5) is 0 Å². The van der Waals surface area contributed by atoms with Gasteiger partial charge in [0.2, 0.25) is 0 Å². The van der Waals surface area contributed by atoms with Gasteiger partial charge in [-0.1, -0.05) is 0 Å². The number of nitrogens with zero attached hydrogens (tertiary/aromatic N) is 2. The van der Waals surface area contributed by atoms with Gasteiger partial charge < -0.3 is 10.3 Å². The predicted molar refractivity (Wildman–Crippen MR) is 42.9 cm³/mol. The summed E-state index contributed by atoms with van der Waals surface area (Å²) in [5, 5.41) is 0. The van der Waals surface area contributed by atoms with Crippen LogP contribution < -0.4 is 5.73 Å². The Bertz CT molecular complexity index is 211. The lowest BCUT2D eigenvalue weighted by Gasteiger charge is -2.32. The van der Waals surface area contributed by atoms with Gasteiger partial charge in [0.25, 0.3) is 0 Å². The van der Waals surface area contributed by atoms with Crippen LogP contribution >= 0.6 is 0 Å². The van der Waals surface area contributed by atoms with Gasteiger partial charge in [-0.15, -0.1) is 0 Å². The number of aromatic nitrogens is 2. The molecule has 0 radical (unpaired) electrons. The maximum Gasteiger partial charge on any atom is 0.0945 e. The van der Waals surface area contributed by atoms with E-state index in [1.54, 1.807) is 0 Å². The van der Waals surface area contributed by atoms with Crippen molar-refractivity contribution < 1.29 is 0 Å². The molecule has 2 rings (SSSR count). The second-order valence-electron chi connectivity index (χ2n) is 3.36. The Morgan fingerprint density at radius 2 is 2.36 bits per heavy atom. The van der Waals surface area contributed by atoms with Crippen molar-refractivity contribution in [3.05, 3.63) is 18.7 Å². The van der Waals surface area contributed by atoms with Crippen molar-refractivity contribution in [2.24, 2.45) is 11.7 Å². The smallest absolute Gasteiger partial charge is 0.0945 e. The highest BCUT2D eigenvalue weighted by atomic mass is 15.0. The minimum absolute atomic E-state index is 0.462. The number of rotatable bonds is 2. The van der Waals surface area contributed by atoms with Gasteiger partial charge in [0, 0.05) is 25.0 Å². The van der Waals surface area contributed by atoms with Gasteiger partial charge in [-0.2, -0.15) is 0 Å². The SMILES string of the molecule is NC1CC(Cn2ccnc2)C1. The molecule has 0 bridgehead atoms. The van der Waals surface area contributed by atoms with Crippen LogP contribution in [-0.4, -0.2) is 15.6 Å². The molecule has 0 unspecified atom stereocenters. The van der Waals surface area contributed by atoms with Crippen molar-refractivity contribution in [2.45, 2.75) is 25.4 Å². The van der Waals surface area contributed by atoms with Crippen LogP contribution in [0, 0.1) is 5.92 Å². The van der Waals surface area contributed by atoms with E-state index >= 15 is 0 Å². The zero-order chi connectivity index (χ0) is 7.68. The molecule has 0 amide bonds. The molecule has 1 aromatic heterocycles. The predicted octanol–water partition coefficient (Wildman–Crippen LogP) is 0.620. The topological polar surface area (TPSA) is 43.8 Å². The second kappa shape index (κ2) is 2.66. The van der Waals surface area contributed by atoms with Gasteiger partial charge in [0.1, 0.15) is 0 Å². The van der Waals surface area contributed by atoms with E-state index < -0.39 is 0 Å². The van der Waals surface area contributed by atoms with Crippen LogP contribution in [0.25, 0.3) is 0 Å². The third-order valence-corrected chi connectivity index (χ3v) is 2.30. The number of nitrogens with two attached hydrogens (primary N) is 1. The summed E-state index contributed by atoms with van der Waals surface area (Å²) < 4.78 is 2.12. The third kappa shape index (κ3) is 1.43. The monoisotopic (exact) mass is 151 g/mol. The van der Waals surface area contributed by atoms with Crippen molar-refractivity contribution in [1.82, 2.24) is 9.55 Å². The molecule has 3 heteroatoms. The molecule has 1 aliphatic rings. The average molecular weight is 151 g/mol. The first-order valence-corrected chi connectivity index (χ1v) is 4.06. The Hall–Kier alpha value is -0.830. The molecule has 0 aromatic carbocycles. The van der Waals surface area contributed by atoms with Crippen LogP contribution in [0.2, 0.25) is 0 Å². The van der Waals surface area contributed by atoms with Crippen molar-refractivity contribution in [1.29, 1.82) is 0 Å². The molecular weight excluding hydrogens is 138 g/mol. The summed E-state index contributed by atoms with van der Waals surface area (Å²) in [5.74, 6) is 0.791. The van der Waals surface area contributed by atoms with Crippen molar-refractivity contribution >= 4 is 0 Å². The molecule has 1 saturated carbocycles. The molecule has 1 fully saturated rings. The molecule has 2 N–H and O–H groups in total. The van der Waals surface area contributed by atoms with Crippen LogP contribution in [0.3, 0.4) is 0 Å². The average Bonchev–Trinajstić information content (AvgIpc) is 2.36. The van der Waals surface area contributed by atoms with Gasteiger partial charge in [-0.05, 0) is 18.8 Å². The molecule has 3 nitrogen and oxygen atoms in total. The summed E-state index contributed by atoms with van der Waals surface area (Å²) in [6.07, 6.45) is 8.04. The lowest BCUT2D eigenvalue weighted by molar-refractivity contribution is 0.235. The van der Waals surface area contributed by atoms with Gasteiger partial charge >= 0.3 is 0 Å². The largest absolute Gasteiger partial charge is 0.337 e. The summed E-state index contributed by atoms with van der Waals surface area (Å²) in [7, 11) is 0. The van der Waals surface area contributed by atoms with E-state index in [4.69, 9.17) is 5.73 Å². The van der Waals surface area contributed by atoms with Gasteiger partial charge in [-0.25, -0.2) is 4.98 Å². The lowest BCUT2D eigenvalue weighted by atomic mass is 9.81. The fourth-order valence-electron chi connectivity index (χ4n) is 1.63. The quantitative estimate of drug-likeness (QED) is 0.673. The zero-order valence-electron chi connectivity index (χ0n) is 6.48. The standard InChI is InChI=1S/C8H13N3/c9-8-3-7(4-8)5-11-2-1-10-6-11/h1-2,6-8H,3-5,9H2. The molecule has 1 heterocycles. The normalized spacial score (nSPS) is 29.9. The fourth-order valence-corrected chi connectivity index (χ4v) is 1.63. The highest BCUT2D eigenvalue weighted by molar-refractivity contribution is 4.84. The first-order valence-electron chi connectivity index (χ1n) is 4.06. The Morgan fingerprint density at radius 3 is 2.91 bits per heavy atom. The fraction of sp³-hybridized carbons (Fsp3) is 0.625. The highest BCUT2D eigenvalue weighted by Gasteiger charge is 2.25. The summed E-state index contributed by atoms with van der Waals surface area (Å²) in [5.41, 5.74) is 5.67. The Kier molecular flexibility index (Phi) is 1.66. The van der Waals surface area contributed by atoms with Gasteiger partial charge in [-0.3, -0.25) is 0 Å². The molecule has 1 aromatic rings.